The lowest BCUT2D eigenvalue weighted by Gasteiger charge is -2.10. The summed E-state index contributed by atoms with van der Waals surface area (Å²) in [5.41, 5.74) is 7.54. The van der Waals surface area contributed by atoms with Gasteiger partial charge in [0.2, 0.25) is 5.91 Å². The third kappa shape index (κ3) is 2.74. The van der Waals surface area contributed by atoms with Crippen LogP contribution in [0.4, 0.5) is 8.78 Å². The number of aliphatic hydroxyl groups is 1. The summed E-state index contributed by atoms with van der Waals surface area (Å²) < 4.78 is 30.1. The van der Waals surface area contributed by atoms with Crippen molar-refractivity contribution in [3.05, 3.63) is 82.9 Å². The van der Waals surface area contributed by atoms with E-state index in [4.69, 9.17) is 5.73 Å². The van der Waals surface area contributed by atoms with E-state index >= 15 is 0 Å². The smallest absolute Gasteiger partial charge is 0.249 e. The molecule has 0 fully saturated rings. The molecule has 1 heterocycles. The van der Waals surface area contributed by atoms with Crippen LogP contribution in [0.3, 0.4) is 0 Å². The van der Waals surface area contributed by atoms with Crippen molar-refractivity contribution in [2.45, 2.75) is 13.2 Å². The number of hydrogen-bond donors (Lipinski definition) is 2. The van der Waals surface area contributed by atoms with Crippen molar-refractivity contribution in [3.8, 4) is 0 Å². The Hall–Kier alpha value is -3.25. The fourth-order valence-corrected chi connectivity index (χ4v) is 3.41. The molecule has 4 aromatic rings. The van der Waals surface area contributed by atoms with Crippen molar-refractivity contribution in [1.29, 1.82) is 0 Å². The molecular weight excluding hydrogens is 350 g/mol. The molecule has 6 heteroatoms. The van der Waals surface area contributed by atoms with Gasteiger partial charge in [0.15, 0.2) is 0 Å². The summed E-state index contributed by atoms with van der Waals surface area (Å²) in [6.45, 7) is -0.284. The molecule has 1 radical (unpaired) electrons. The van der Waals surface area contributed by atoms with Gasteiger partial charge < -0.3 is 15.4 Å². The van der Waals surface area contributed by atoms with Crippen molar-refractivity contribution in [2.24, 2.45) is 5.73 Å². The molecule has 0 saturated carbocycles. The fourth-order valence-electron chi connectivity index (χ4n) is 3.41. The van der Waals surface area contributed by atoms with Gasteiger partial charge >= 0.3 is 0 Å². The first-order valence-electron chi connectivity index (χ1n) is 8.30. The highest BCUT2D eigenvalue weighted by Crippen LogP contribution is 2.33. The molecule has 135 valence electrons. The maximum absolute atomic E-state index is 14.2. The number of fused-ring (bicyclic) bond motifs is 3. The summed E-state index contributed by atoms with van der Waals surface area (Å²) in [4.78, 5) is 11.9. The Labute approximate surface area is 153 Å². The molecule has 0 aliphatic heterocycles. The largest absolute Gasteiger partial charge is 0.392 e. The van der Waals surface area contributed by atoms with Gasteiger partial charge in [-0.15, -0.1) is 0 Å². The van der Waals surface area contributed by atoms with E-state index in [1.807, 2.05) is 0 Å². The molecule has 3 N–H and O–H groups in total. The van der Waals surface area contributed by atoms with Crippen molar-refractivity contribution in [1.82, 2.24) is 4.57 Å². The first-order valence-corrected chi connectivity index (χ1v) is 8.30. The minimum Gasteiger partial charge on any atom is -0.392 e. The maximum atomic E-state index is 14.2. The van der Waals surface area contributed by atoms with Gasteiger partial charge in [-0.1, -0.05) is 12.1 Å². The summed E-state index contributed by atoms with van der Waals surface area (Å²) in [6.07, 6.45) is 0. The Balaban J connectivity index is 2.08. The van der Waals surface area contributed by atoms with Crippen LogP contribution in [0.25, 0.3) is 21.8 Å². The number of hydrogen-bond acceptors (Lipinski definition) is 2. The number of carbonyl (C=O) groups is 1. The predicted molar refractivity (Wildman–Crippen MR) is 98.2 cm³/mol. The van der Waals surface area contributed by atoms with E-state index in [9.17, 15) is 18.7 Å². The number of aromatic nitrogens is 1. The zero-order chi connectivity index (χ0) is 19.1. The maximum Gasteiger partial charge on any atom is 0.249 e. The topological polar surface area (TPSA) is 68.2 Å². The van der Waals surface area contributed by atoms with E-state index in [-0.39, 0.29) is 18.7 Å². The zero-order valence-corrected chi connectivity index (χ0v) is 14.2. The van der Waals surface area contributed by atoms with Gasteiger partial charge in [0.05, 0.1) is 24.2 Å². The predicted octanol–water partition coefficient (Wildman–Crippen LogP) is 3.51. The lowest BCUT2D eigenvalue weighted by Crippen LogP contribution is -2.11. The number of amides is 1. The number of halogens is 2. The van der Waals surface area contributed by atoms with Crippen molar-refractivity contribution in [2.75, 3.05) is 0 Å². The molecule has 1 aromatic heterocycles. The normalized spacial score (nSPS) is 11.4. The number of primary amides is 1. The number of nitrogens with zero attached hydrogens (tertiary/aromatic N) is 1. The molecule has 0 saturated heterocycles. The van der Waals surface area contributed by atoms with Gasteiger partial charge in [0.1, 0.15) is 11.6 Å². The average molecular weight is 365 g/mol. The van der Waals surface area contributed by atoms with Crippen LogP contribution >= 0.6 is 0 Å². The lowest BCUT2D eigenvalue weighted by atomic mass is 10.0. The summed E-state index contributed by atoms with van der Waals surface area (Å²) in [5.74, 6) is -1.91. The van der Waals surface area contributed by atoms with E-state index in [2.05, 4.69) is 6.07 Å². The molecule has 27 heavy (non-hydrogen) atoms. The molecule has 4 rings (SSSR count). The molecule has 0 aliphatic rings. The SMILES string of the molecule is NC(=O)c1cccc2c1c1[c]cc(CO)cc1n2Cc1c(F)cccc1F. The average Bonchev–Trinajstić information content (AvgIpc) is 2.97. The monoisotopic (exact) mass is 365 g/mol. The molecule has 3 aromatic carbocycles. The second-order valence-corrected chi connectivity index (χ2v) is 6.28. The van der Waals surface area contributed by atoms with E-state index in [1.54, 1.807) is 34.9 Å². The van der Waals surface area contributed by atoms with E-state index in [0.717, 1.165) is 0 Å². The highest BCUT2D eigenvalue weighted by atomic mass is 19.1. The Morgan fingerprint density at radius 1 is 1.11 bits per heavy atom. The molecule has 0 aliphatic carbocycles. The van der Waals surface area contributed by atoms with Crippen molar-refractivity contribution >= 4 is 27.7 Å². The Kier molecular flexibility index (Phi) is 4.12. The van der Waals surface area contributed by atoms with Crippen LogP contribution in [0.2, 0.25) is 0 Å². The quantitative estimate of drug-likeness (QED) is 0.581. The minimum absolute atomic E-state index is 0.0799. The van der Waals surface area contributed by atoms with Crippen LogP contribution in [-0.4, -0.2) is 15.6 Å². The van der Waals surface area contributed by atoms with Crippen LogP contribution in [0.15, 0.2) is 48.5 Å². The van der Waals surface area contributed by atoms with Crippen LogP contribution in [0, 0.1) is 17.7 Å². The third-order valence-electron chi connectivity index (χ3n) is 4.68. The number of rotatable bonds is 4. The van der Waals surface area contributed by atoms with Gasteiger partial charge in [-0.2, -0.15) is 0 Å². The van der Waals surface area contributed by atoms with Crippen LogP contribution < -0.4 is 5.73 Å². The Bertz CT molecular complexity index is 1180. The fraction of sp³-hybridized carbons (Fsp3) is 0.0952. The highest BCUT2D eigenvalue weighted by molar-refractivity contribution is 6.17. The summed E-state index contributed by atoms with van der Waals surface area (Å²) in [5, 5.41) is 10.6. The van der Waals surface area contributed by atoms with Gasteiger partial charge in [0.25, 0.3) is 0 Å². The van der Waals surface area contributed by atoms with Crippen LogP contribution in [0.1, 0.15) is 21.5 Å². The first-order chi connectivity index (χ1) is 13.0. The van der Waals surface area contributed by atoms with E-state index in [0.29, 0.717) is 32.9 Å². The number of carbonyl (C=O) groups excluding carboxylic acids is 1. The minimum atomic E-state index is -0.654. The zero-order valence-electron chi connectivity index (χ0n) is 14.2. The third-order valence-corrected chi connectivity index (χ3v) is 4.68. The van der Waals surface area contributed by atoms with Crippen molar-refractivity contribution < 1.29 is 18.7 Å². The Morgan fingerprint density at radius 2 is 1.81 bits per heavy atom. The van der Waals surface area contributed by atoms with Crippen LogP contribution in [0.5, 0.6) is 0 Å². The highest BCUT2D eigenvalue weighted by Gasteiger charge is 2.19. The molecule has 0 spiro atoms. The molecule has 0 unspecified atom stereocenters. The van der Waals surface area contributed by atoms with Gasteiger partial charge in [0, 0.05) is 21.9 Å². The molecule has 4 nitrogen and oxygen atoms in total. The first kappa shape index (κ1) is 17.2. The molecule has 0 bridgehead atoms. The second kappa shape index (κ2) is 6.48. The Morgan fingerprint density at radius 3 is 2.48 bits per heavy atom. The van der Waals surface area contributed by atoms with Gasteiger partial charge in [-0.3, -0.25) is 4.79 Å². The lowest BCUT2D eigenvalue weighted by molar-refractivity contribution is 0.100. The van der Waals surface area contributed by atoms with Crippen molar-refractivity contribution in [3.63, 3.8) is 0 Å². The number of benzene rings is 3. The molecule has 0 atom stereocenters. The summed E-state index contributed by atoms with van der Waals surface area (Å²) >= 11 is 0. The van der Waals surface area contributed by atoms with E-state index in [1.165, 1.54) is 18.2 Å². The second-order valence-electron chi connectivity index (χ2n) is 6.28. The van der Waals surface area contributed by atoms with E-state index < -0.39 is 17.5 Å². The summed E-state index contributed by atoms with van der Waals surface area (Å²) in [7, 11) is 0. The number of aliphatic hydroxyl groups excluding tert-OH is 1. The molecule has 1 amide bonds. The van der Waals surface area contributed by atoms with Gasteiger partial charge in [-0.05, 0) is 48.0 Å². The van der Waals surface area contributed by atoms with Crippen LogP contribution in [-0.2, 0) is 13.2 Å². The standard InChI is InChI=1S/C21H15F2N2O2/c22-16-4-2-5-17(23)15(16)10-25-18-6-1-3-14(21(24)27)20(18)13-8-7-12(11-26)9-19(13)25/h1-7,9,26H,10-11H2,(H2,24,27). The molecular formula is C21H15F2N2O2. The summed E-state index contributed by atoms with van der Waals surface area (Å²) in [6, 6.07) is 15.1. The number of nitrogens with two attached hydrogens (primary N) is 1. The van der Waals surface area contributed by atoms with Gasteiger partial charge in [-0.25, -0.2) is 8.78 Å².